The average molecular weight is 335 g/mol. The minimum absolute atomic E-state index is 0.0969. The van der Waals surface area contributed by atoms with Crippen LogP contribution in [0, 0.1) is 2.88 Å². The third-order valence-electron chi connectivity index (χ3n) is 1.94. The fourth-order valence-corrected chi connectivity index (χ4v) is 2.58. The number of halogens is 1. The van der Waals surface area contributed by atoms with E-state index in [1.807, 2.05) is 25.3 Å². The first-order valence-corrected chi connectivity index (χ1v) is 6.68. The number of carbonyl (C=O) groups is 1. The molecule has 1 rings (SSSR count). The summed E-state index contributed by atoms with van der Waals surface area (Å²) in [5.74, 6) is 0.0969. The molecule has 0 aromatic carbocycles. The molecule has 0 bridgehead atoms. The smallest absolute Gasteiger partial charge is 0.255 e. The summed E-state index contributed by atoms with van der Waals surface area (Å²) < 4.78 is 1.14. The Bertz CT molecular complexity index is 372. The second-order valence-corrected chi connectivity index (χ2v) is 6.22. The molecule has 0 radical (unpaired) electrons. The monoisotopic (exact) mass is 335 g/mol. The van der Waals surface area contributed by atoms with E-state index >= 15 is 0 Å². The van der Waals surface area contributed by atoms with Crippen LogP contribution in [-0.2, 0) is 0 Å². The summed E-state index contributed by atoms with van der Waals surface area (Å²) in [7, 11) is 0. The van der Waals surface area contributed by atoms with Crippen molar-refractivity contribution in [2.24, 2.45) is 0 Å². The summed E-state index contributed by atoms with van der Waals surface area (Å²) in [5.41, 5.74) is 1.79. The standard InChI is InChI=1S/C11H14INOS/c1-4-13(6-8(2)3)11(14)9-5-10(12)15-7-9/h5,7H,2,4,6H2,1,3H3. The molecule has 1 heterocycles. The normalized spacial score (nSPS) is 10.1. The van der Waals surface area contributed by atoms with E-state index < -0.39 is 0 Å². The summed E-state index contributed by atoms with van der Waals surface area (Å²) >= 11 is 3.82. The zero-order chi connectivity index (χ0) is 11.4. The van der Waals surface area contributed by atoms with Crippen LogP contribution in [0.25, 0.3) is 0 Å². The van der Waals surface area contributed by atoms with E-state index in [9.17, 15) is 4.79 Å². The van der Waals surface area contributed by atoms with Gasteiger partial charge in [-0.15, -0.1) is 11.3 Å². The molecule has 0 fully saturated rings. The maximum atomic E-state index is 12.0. The van der Waals surface area contributed by atoms with Gasteiger partial charge in [-0.3, -0.25) is 4.79 Å². The molecule has 0 unspecified atom stereocenters. The van der Waals surface area contributed by atoms with Crippen LogP contribution in [0.5, 0.6) is 0 Å². The van der Waals surface area contributed by atoms with Crippen molar-refractivity contribution >= 4 is 39.8 Å². The maximum Gasteiger partial charge on any atom is 0.255 e. The number of rotatable bonds is 4. The molecule has 82 valence electrons. The summed E-state index contributed by atoms with van der Waals surface area (Å²) in [6.07, 6.45) is 0. The molecule has 1 aromatic heterocycles. The van der Waals surface area contributed by atoms with Gasteiger partial charge in [-0.05, 0) is 42.5 Å². The van der Waals surface area contributed by atoms with E-state index in [0.717, 1.165) is 20.6 Å². The SMILES string of the molecule is C=C(C)CN(CC)C(=O)c1csc(I)c1. The number of hydrogen-bond acceptors (Lipinski definition) is 2. The molecule has 0 N–H and O–H groups in total. The van der Waals surface area contributed by atoms with Crippen molar-refractivity contribution < 1.29 is 4.79 Å². The summed E-state index contributed by atoms with van der Waals surface area (Å²) in [5, 5.41) is 1.91. The lowest BCUT2D eigenvalue weighted by molar-refractivity contribution is 0.0779. The predicted molar refractivity (Wildman–Crippen MR) is 73.4 cm³/mol. The van der Waals surface area contributed by atoms with Gasteiger partial charge in [0, 0.05) is 18.5 Å². The largest absolute Gasteiger partial charge is 0.335 e. The molecule has 0 aliphatic heterocycles. The van der Waals surface area contributed by atoms with E-state index in [4.69, 9.17) is 0 Å². The molecular formula is C11H14INOS. The van der Waals surface area contributed by atoms with Gasteiger partial charge in [-0.25, -0.2) is 0 Å². The highest BCUT2D eigenvalue weighted by Gasteiger charge is 2.15. The lowest BCUT2D eigenvalue weighted by Gasteiger charge is -2.20. The number of carbonyl (C=O) groups excluding carboxylic acids is 1. The molecule has 0 spiro atoms. The highest BCUT2D eigenvalue weighted by Crippen LogP contribution is 2.18. The Kier molecular flexibility index (Phi) is 4.79. The molecule has 2 nitrogen and oxygen atoms in total. The van der Waals surface area contributed by atoms with Crippen molar-refractivity contribution in [1.29, 1.82) is 0 Å². The van der Waals surface area contributed by atoms with Gasteiger partial charge in [0.2, 0.25) is 0 Å². The Morgan fingerprint density at radius 1 is 1.67 bits per heavy atom. The Morgan fingerprint density at radius 2 is 2.33 bits per heavy atom. The second kappa shape index (κ2) is 5.65. The summed E-state index contributed by atoms with van der Waals surface area (Å²) in [4.78, 5) is 13.8. The van der Waals surface area contributed by atoms with Crippen molar-refractivity contribution in [3.05, 3.63) is 32.0 Å². The Balaban J connectivity index is 2.77. The number of thiophene rings is 1. The molecule has 0 atom stereocenters. The molecule has 1 aromatic rings. The molecule has 4 heteroatoms. The Labute approximate surface area is 108 Å². The van der Waals surface area contributed by atoms with E-state index in [-0.39, 0.29) is 5.91 Å². The molecule has 15 heavy (non-hydrogen) atoms. The van der Waals surface area contributed by atoms with E-state index in [2.05, 4.69) is 29.2 Å². The van der Waals surface area contributed by atoms with E-state index in [1.165, 1.54) is 0 Å². The maximum absolute atomic E-state index is 12.0. The lowest BCUT2D eigenvalue weighted by atomic mass is 10.2. The summed E-state index contributed by atoms with van der Waals surface area (Å²) in [6.45, 7) is 9.11. The van der Waals surface area contributed by atoms with Crippen LogP contribution in [0.2, 0.25) is 0 Å². The van der Waals surface area contributed by atoms with Crippen LogP contribution < -0.4 is 0 Å². The average Bonchev–Trinajstić information content (AvgIpc) is 2.60. The third-order valence-corrected chi connectivity index (χ3v) is 3.73. The second-order valence-electron chi connectivity index (χ2n) is 3.42. The molecule has 1 amide bonds. The molecule has 0 aliphatic carbocycles. The van der Waals surface area contributed by atoms with Crippen LogP contribution in [0.1, 0.15) is 24.2 Å². The topological polar surface area (TPSA) is 20.3 Å². The van der Waals surface area contributed by atoms with E-state index in [0.29, 0.717) is 6.54 Å². The van der Waals surface area contributed by atoms with Gasteiger partial charge >= 0.3 is 0 Å². The molecule has 0 saturated heterocycles. The summed E-state index contributed by atoms with van der Waals surface area (Å²) in [6, 6.07) is 1.93. The van der Waals surface area contributed by atoms with Crippen molar-refractivity contribution in [2.45, 2.75) is 13.8 Å². The molecular weight excluding hydrogens is 321 g/mol. The number of hydrogen-bond donors (Lipinski definition) is 0. The minimum atomic E-state index is 0.0969. The predicted octanol–water partition coefficient (Wildman–Crippen LogP) is 3.39. The quantitative estimate of drug-likeness (QED) is 0.610. The Morgan fingerprint density at radius 3 is 2.73 bits per heavy atom. The van der Waals surface area contributed by atoms with Crippen molar-refractivity contribution in [3.63, 3.8) is 0 Å². The zero-order valence-electron chi connectivity index (χ0n) is 8.92. The van der Waals surface area contributed by atoms with Gasteiger partial charge in [-0.2, -0.15) is 0 Å². The van der Waals surface area contributed by atoms with Crippen LogP contribution in [0.4, 0.5) is 0 Å². The van der Waals surface area contributed by atoms with Crippen LogP contribution in [-0.4, -0.2) is 23.9 Å². The Hall–Kier alpha value is -0.360. The fraction of sp³-hybridized carbons (Fsp3) is 0.364. The highest BCUT2D eigenvalue weighted by molar-refractivity contribution is 14.1. The number of likely N-dealkylation sites (N-methyl/N-ethyl adjacent to an activating group) is 1. The van der Waals surface area contributed by atoms with Gasteiger partial charge in [-0.1, -0.05) is 12.2 Å². The number of amides is 1. The molecule has 0 saturated carbocycles. The molecule has 0 aliphatic rings. The highest BCUT2D eigenvalue weighted by atomic mass is 127. The van der Waals surface area contributed by atoms with Crippen LogP contribution in [0.3, 0.4) is 0 Å². The lowest BCUT2D eigenvalue weighted by Crippen LogP contribution is -2.31. The van der Waals surface area contributed by atoms with Crippen LogP contribution in [0.15, 0.2) is 23.6 Å². The van der Waals surface area contributed by atoms with E-state index in [1.54, 1.807) is 16.2 Å². The van der Waals surface area contributed by atoms with Gasteiger partial charge in [0.25, 0.3) is 5.91 Å². The first kappa shape index (κ1) is 12.7. The third kappa shape index (κ3) is 3.61. The van der Waals surface area contributed by atoms with Gasteiger partial charge in [0.05, 0.1) is 8.45 Å². The van der Waals surface area contributed by atoms with Gasteiger partial charge < -0.3 is 4.90 Å². The minimum Gasteiger partial charge on any atom is -0.335 e. The van der Waals surface area contributed by atoms with Gasteiger partial charge in [0.15, 0.2) is 0 Å². The first-order valence-electron chi connectivity index (χ1n) is 4.72. The van der Waals surface area contributed by atoms with Crippen LogP contribution >= 0.6 is 33.9 Å². The fourth-order valence-electron chi connectivity index (χ4n) is 1.26. The first-order chi connectivity index (χ1) is 7.04. The van der Waals surface area contributed by atoms with Crippen molar-refractivity contribution in [3.8, 4) is 0 Å². The van der Waals surface area contributed by atoms with Crippen molar-refractivity contribution in [2.75, 3.05) is 13.1 Å². The zero-order valence-corrected chi connectivity index (χ0v) is 11.9. The number of nitrogens with zero attached hydrogens (tertiary/aromatic N) is 1. The van der Waals surface area contributed by atoms with Crippen molar-refractivity contribution in [1.82, 2.24) is 4.90 Å². The van der Waals surface area contributed by atoms with Gasteiger partial charge in [0.1, 0.15) is 0 Å².